The maximum atomic E-state index is 10.7. The minimum atomic E-state index is -0.851. The summed E-state index contributed by atoms with van der Waals surface area (Å²) in [6, 6.07) is 0. The second-order valence-electron chi connectivity index (χ2n) is 2.00. The molecule has 0 aromatic rings. The van der Waals surface area contributed by atoms with E-state index in [1.807, 2.05) is 0 Å². The van der Waals surface area contributed by atoms with E-state index >= 15 is 0 Å². The fraction of sp³-hybridized carbons (Fsp3) is 0.667. The van der Waals surface area contributed by atoms with Crippen molar-refractivity contribution in [1.82, 2.24) is 0 Å². The maximum Gasteiger partial charge on any atom is 2.00 e. The first-order valence-corrected chi connectivity index (χ1v) is 2.85. The first-order chi connectivity index (χ1) is 4.19. The largest absolute Gasteiger partial charge is 2.00 e. The standard InChI is InChI=1S/C6H9O3.W/c1-3-8-5(7)6(2)4-9-6;/h2-4H2,1H3;/q-1;+2. The van der Waals surface area contributed by atoms with Crippen molar-refractivity contribution in [1.29, 1.82) is 0 Å². The third-order valence-corrected chi connectivity index (χ3v) is 1.14. The molecule has 1 fully saturated rings. The minimum absolute atomic E-state index is 0. The van der Waals surface area contributed by atoms with Gasteiger partial charge < -0.3 is 9.47 Å². The van der Waals surface area contributed by atoms with E-state index in [-0.39, 0.29) is 27.0 Å². The van der Waals surface area contributed by atoms with Crippen LogP contribution in [0.25, 0.3) is 0 Å². The first kappa shape index (κ1) is 10.1. The second-order valence-corrected chi connectivity index (χ2v) is 2.00. The van der Waals surface area contributed by atoms with Crippen LogP contribution in [0.4, 0.5) is 0 Å². The van der Waals surface area contributed by atoms with Crippen LogP contribution in [-0.4, -0.2) is 24.8 Å². The fourth-order valence-electron chi connectivity index (χ4n) is 0.468. The van der Waals surface area contributed by atoms with Gasteiger partial charge in [-0.3, -0.25) is 11.7 Å². The molecule has 0 aromatic carbocycles. The molecule has 0 amide bonds. The molecular weight excluding hydrogens is 304 g/mol. The number of epoxide rings is 1. The Morgan fingerprint density at radius 2 is 2.40 bits per heavy atom. The Labute approximate surface area is 74.3 Å². The number of carbonyl (C=O) groups is 1. The molecule has 1 aliphatic rings. The number of rotatable bonds is 2. The van der Waals surface area contributed by atoms with Gasteiger partial charge in [0.1, 0.15) is 0 Å². The maximum absolute atomic E-state index is 10.7. The minimum Gasteiger partial charge on any atom is -0.466 e. The number of hydrogen-bond acceptors (Lipinski definition) is 3. The summed E-state index contributed by atoms with van der Waals surface area (Å²) in [5.41, 5.74) is -0.851. The molecule has 0 N–H and O–H groups in total. The van der Waals surface area contributed by atoms with Crippen LogP contribution in [0.1, 0.15) is 6.92 Å². The molecule has 0 radical (unpaired) electrons. The average Bonchev–Trinajstić information content (AvgIpc) is 2.50. The van der Waals surface area contributed by atoms with E-state index < -0.39 is 5.60 Å². The van der Waals surface area contributed by atoms with Gasteiger partial charge in [-0.05, 0) is 6.92 Å². The van der Waals surface area contributed by atoms with Crippen molar-refractivity contribution in [2.45, 2.75) is 12.5 Å². The summed E-state index contributed by atoms with van der Waals surface area (Å²) in [6.07, 6.45) is 0. The molecule has 1 heterocycles. The van der Waals surface area contributed by atoms with Gasteiger partial charge in [-0.2, -0.15) is 0 Å². The molecule has 1 atom stereocenters. The van der Waals surface area contributed by atoms with Crippen LogP contribution in [0.3, 0.4) is 0 Å². The summed E-state index contributed by atoms with van der Waals surface area (Å²) in [5.74, 6) is -0.356. The van der Waals surface area contributed by atoms with Crippen molar-refractivity contribution in [2.24, 2.45) is 0 Å². The summed E-state index contributed by atoms with van der Waals surface area (Å²) < 4.78 is 9.37. The topological polar surface area (TPSA) is 38.8 Å². The number of carbonyl (C=O) groups excluding carboxylic acids is 1. The van der Waals surface area contributed by atoms with Gasteiger partial charge in [0.25, 0.3) is 0 Å². The van der Waals surface area contributed by atoms with Crippen LogP contribution >= 0.6 is 0 Å². The predicted octanol–water partition coefficient (Wildman–Crippen LogP) is 0.150. The molecule has 4 heteroatoms. The SMILES string of the molecule is [CH2-]C1(C(=O)OCC)CO1.[W+2]. The number of hydrogen-bond donors (Lipinski definition) is 0. The zero-order valence-corrected chi connectivity index (χ0v) is 8.69. The van der Waals surface area contributed by atoms with E-state index in [2.05, 4.69) is 11.7 Å². The summed E-state index contributed by atoms with van der Waals surface area (Å²) in [7, 11) is 0. The Hall–Kier alpha value is 0.118. The van der Waals surface area contributed by atoms with Gasteiger partial charge in [0.15, 0.2) is 0 Å². The zero-order chi connectivity index (χ0) is 6.91. The van der Waals surface area contributed by atoms with Crippen molar-refractivity contribution < 1.29 is 35.3 Å². The summed E-state index contributed by atoms with van der Waals surface area (Å²) in [4.78, 5) is 10.7. The molecule has 1 aliphatic heterocycles. The Bertz CT molecular complexity index is 131. The first-order valence-electron chi connectivity index (χ1n) is 2.85. The molecule has 1 saturated heterocycles. The Kier molecular flexibility index (Phi) is 3.53. The van der Waals surface area contributed by atoms with Gasteiger partial charge in [0.2, 0.25) is 0 Å². The van der Waals surface area contributed by atoms with Crippen LogP contribution < -0.4 is 0 Å². The molecule has 10 heavy (non-hydrogen) atoms. The van der Waals surface area contributed by atoms with E-state index in [9.17, 15) is 4.79 Å². The van der Waals surface area contributed by atoms with Crippen molar-refractivity contribution in [3.05, 3.63) is 6.92 Å². The van der Waals surface area contributed by atoms with Gasteiger partial charge in [-0.25, -0.2) is 0 Å². The molecule has 0 spiro atoms. The van der Waals surface area contributed by atoms with Crippen LogP contribution in [-0.2, 0) is 35.3 Å². The zero-order valence-electron chi connectivity index (χ0n) is 5.75. The van der Waals surface area contributed by atoms with E-state index in [0.717, 1.165) is 0 Å². The second kappa shape index (κ2) is 3.49. The number of esters is 1. The molecule has 0 bridgehead atoms. The quantitative estimate of drug-likeness (QED) is 0.414. The molecule has 0 aromatic heterocycles. The molecule has 3 nitrogen and oxygen atoms in total. The van der Waals surface area contributed by atoms with Crippen molar-refractivity contribution in [2.75, 3.05) is 13.2 Å². The molecule has 56 valence electrons. The third-order valence-electron chi connectivity index (χ3n) is 1.14. The summed E-state index contributed by atoms with van der Waals surface area (Å²) in [6.45, 7) is 6.04. The Morgan fingerprint density at radius 1 is 1.90 bits per heavy atom. The van der Waals surface area contributed by atoms with Crippen LogP contribution in [0.5, 0.6) is 0 Å². The smallest absolute Gasteiger partial charge is 0.466 e. The van der Waals surface area contributed by atoms with E-state index in [0.29, 0.717) is 13.2 Å². The van der Waals surface area contributed by atoms with Crippen molar-refractivity contribution in [3.8, 4) is 0 Å². The summed E-state index contributed by atoms with van der Waals surface area (Å²) >= 11 is 0. The Morgan fingerprint density at radius 3 is 2.70 bits per heavy atom. The average molecular weight is 313 g/mol. The van der Waals surface area contributed by atoms with Gasteiger partial charge in [-0.15, -0.1) is 0 Å². The van der Waals surface area contributed by atoms with Gasteiger partial charge in [-0.1, -0.05) is 0 Å². The monoisotopic (exact) mass is 313 g/mol. The molecule has 0 aliphatic carbocycles. The van der Waals surface area contributed by atoms with Gasteiger partial charge in [0.05, 0.1) is 18.8 Å². The molecule has 1 rings (SSSR count). The third kappa shape index (κ3) is 2.06. The van der Waals surface area contributed by atoms with Crippen LogP contribution in [0.2, 0.25) is 0 Å². The predicted molar refractivity (Wildman–Crippen MR) is 30.7 cm³/mol. The van der Waals surface area contributed by atoms with Crippen molar-refractivity contribution >= 4 is 5.97 Å². The summed E-state index contributed by atoms with van der Waals surface area (Å²) in [5, 5.41) is 0. The van der Waals surface area contributed by atoms with Crippen molar-refractivity contribution in [3.63, 3.8) is 0 Å². The molecule has 1 unspecified atom stereocenters. The van der Waals surface area contributed by atoms with Crippen LogP contribution in [0.15, 0.2) is 0 Å². The fourth-order valence-corrected chi connectivity index (χ4v) is 0.468. The molecule has 0 saturated carbocycles. The van der Waals surface area contributed by atoms with E-state index in [4.69, 9.17) is 4.74 Å². The van der Waals surface area contributed by atoms with E-state index in [1.165, 1.54) is 0 Å². The molecular formula is C6H9O3W+. The van der Waals surface area contributed by atoms with Crippen LogP contribution in [0, 0.1) is 6.92 Å². The Balaban J connectivity index is 0.000000810. The normalized spacial score (nSPS) is 28.6. The van der Waals surface area contributed by atoms with E-state index in [1.54, 1.807) is 6.92 Å². The van der Waals surface area contributed by atoms with Gasteiger partial charge in [0, 0.05) is 0 Å². The number of ether oxygens (including phenoxy) is 2. The van der Waals surface area contributed by atoms with Gasteiger partial charge >= 0.3 is 27.0 Å².